The highest BCUT2D eigenvalue weighted by Gasteiger charge is 2.51. The van der Waals surface area contributed by atoms with Gasteiger partial charge in [0.15, 0.2) is 0 Å². The number of hydrogen-bond acceptors (Lipinski definition) is 5. The number of nitrogens with zero attached hydrogens (tertiary/aromatic N) is 1. The SMILES string of the molecule is CC(C)(C#N)NCCOCCOCCNC(=O)CC12CC3CC(CC(C3)C1)C2. The Bertz CT molecular complexity index is 535. The number of carbonyl (C=O) groups is 1. The first kappa shape index (κ1) is 21.5. The van der Waals surface area contributed by atoms with Crippen molar-refractivity contribution in [1.29, 1.82) is 5.26 Å². The van der Waals surface area contributed by atoms with Crippen LogP contribution in [0.5, 0.6) is 0 Å². The average Bonchev–Trinajstić information content (AvgIpc) is 2.61. The van der Waals surface area contributed by atoms with Crippen LogP contribution in [-0.4, -0.2) is 51.0 Å². The van der Waals surface area contributed by atoms with E-state index in [-0.39, 0.29) is 5.91 Å². The molecule has 0 aromatic rings. The smallest absolute Gasteiger partial charge is 0.220 e. The molecule has 1 amide bonds. The van der Waals surface area contributed by atoms with Gasteiger partial charge in [0.25, 0.3) is 0 Å². The van der Waals surface area contributed by atoms with Crippen LogP contribution >= 0.6 is 0 Å². The third kappa shape index (κ3) is 6.17. The number of amides is 1. The minimum absolute atomic E-state index is 0.202. The molecular weight excluding hydrogens is 354 g/mol. The van der Waals surface area contributed by atoms with Gasteiger partial charge in [-0.3, -0.25) is 10.1 Å². The van der Waals surface area contributed by atoms with Crippen molar-refractivity contribution in [2.24, 2.45) is 23.2 Å². The molecular formula is C22H37N3O3. The first-order valence-electron chi connectivity index (χ1n) is 11.0. The van der Waals surface area contributed by atoms with Crippen molar-refractivity contribution in [3.05, 3.63) is 0 Å². The summed E-state index contributed by atoms with van der Waals surface area (Å²) in [5.74, 6) is 2.88. The Morgan fingerprint density at radius 2 is 1.54 bits per heavy atom. The van der Waals surface area contributed by atoms with Crippen LogP contribution in [0.4, 0.5) is 0 Å². The van der Waals surface area contributed by atoms with E-state index in [9.17, 15) is 4.79 Å². The zero-order valence-electron chi connectivity index (χ0n) is 17.6. The first-order chi connectivity index (χ1) is 13.4. The summed E-state index contributed by atoms with van der Waals surface area (Å²) in [6.45, 7) is 7.01. The van der Waals surface area contributed by atoms with Crippen molar-refractivity contribution >= 4 is 5.91 Å². The van der Waals surface area contributed by atoms with E-state index in [1.54, 1.807) is 0 Å². The molecule has 6 nitrogen and oxygen atoms in total. The minimum atomic E-state index is -0.520. The zero-order valence-corrected chi connectivity index (χ0v) is 17.6. The Balaban J connectivity index is 1.18. The van der Waals surface area contributed by atoms with E-state index in [1.165, 1.54) is 38.5 Å². The van der Waals surface area contributed by atoms with Crippen molar-refractivity contribution in [3.63, 3.8) is 0 Å². The molecule has 4 rings (SSSR count). The molecule has 0 radical (unpaired) electrons. The Morgan fingerprint density at radius 3 is 2.07 bits per heavy atom. The number of ether oxygens (including phenoxy) is 2. The van der Waals surface area contributed by atoms with Crippen LogP contribution < -0.4 is 10.6 Å². The third-order valence-electron chi connectivity index (χ3n) is 6.73. The van der Waals surface area contributed by atoms with Crippen LogP contribution in [0.1, 0.15) is 58.8 Å². The lowest BCUT2D eigenvalue weighted by atomic mass is 9.49. The van der Waals surface area contributed by atoms with E-state index < -0.39 is 5.54 Å². The Morgan fingerprint density at radius 1 is 1.00 bits per heavy atom. The number of carbonyl (C=O) groups excluding carboxylic acids is 1. The van der Waals surface area contributed by atoms with Crippen LogP contribution in [0.25, 0.3) is 0 Å². The van der Waals surface area contributed by atoms with Gasteiger partial charge in [-0.15, -0.1) is 0 Å². The van der Waals surface area contributed by atoms with Crippen LogP contribution in [0.2, 0.25) is 0 Å². The molecule has 0 heterocycles. The van der Waals surface area contributed by atoms with Crippen LogP contribution in [0.15, 0.2) is 0 Å². The summed E-state index contributed by atoms with van der Waals surface area (Å²) in [6.07, 6.45) is 8.81. The normalized spacial score (nSPS) is 31.0. The summed E-state index contributed by atoms with van der Waals surface area (Å²) in [5, 5.41) is 15.1. The molecule has 28 heavy (non-hydrogen) atoms. The molecule has 4 aliphatic rings. The maximum absolute atomic E-state index is 12.4. The molecule has 4 aliphatic carbocycles. The van der Waals surface area contributed by atoms with Gasteiger partial charge in [-0.2, -0.15) is 5.26 Å². The molecule has 0 unspecified atom stereocenters. The van der Waals surface area contributed by atoms with E-state index in [1.807, 2.05) is 13.8 Å². The van der Waals surface area contributed by atoms with E-state index in [0.717, 1.165) is 17.8 Å². The zero-order chi connectivity index (χ0) is 20.0. The number of nitriles is 1. The lowest BCUT2D eigenvalue weighted by Crippen LogP contribution is -2.48. The molecule has 0 aromatic heterocycles. The largest absolute Gasteiger partial charge is 0.378 e. The lowest BCUT2D eigenvalue weighted by Gasteiger charge is -2.56. The highest BCUT2D eigenvalue weighted by Crippen LogP contribution is 2.61. The topological polar surface area (TPSA) is 83.4 Å². The quantitative estimate of drug-likeness (QED) is 0.500. The second kappa shape index (κ2) is 9.56. The maximum atomic E-state index is 12.4. The molecule has 4 saturated carbocycles. The van der Waals surface area contributed by atoms with Crippen LogP contribution in [-0.2, 0) is 14.3 Å². The van der Waals surface area contributed by atoms with Crippen molar-refractivity contribution in [2.45, 2.75) is 64.3 Å². The molecule has 0 spiro atoms. The summed E-state index contributed by atoms with van der Waals surface area (Å²) in [7, 11) is 0. The monoisotopic (exact) mass is 391 g/mol. The van der Waals surface area contributed by atoms with Crippen molar-refractivity contribution in [1.82, 2.24) is 10.6 Å². The van der Waals surface area contributed by atoms with Gasteiger partial charge < -0.3 is 14.8 Å². The van der Waals surface area contributed by atoms with Crippen molar-refractivity contribution in [3.8, 4) is 6.07 Å². The molecule has 4 fully saturated rings. The fraction of sp³-hybridized carbons (Fsp3) is 0.909. The second-order valence-electron chi connectivity index (χ2n) is 9.83. The van der Waals surface area contributed by atoms with Gasteiger partial charge >= 0.3 is 0 Å². The lowest BCUT2D eigenvalue weighted by molar-refractivity contribution is -0.129. The Kier molecular flexibility index (Phi) is 7.36. The molecule has 0 saturated heterocycles. The van der Waals surface area contributed by atoms with Gasteiger partial charge in [0.1, 0.15) is 5.54 Å². The standard InChI is InChI=1S/C22H37N3O3/c1-21(2,16-23)25-4-6-28-8-7-27-5-3-24-20(26)15-22-12-17-9-18(13-22)11-19(10-17)14-22/h17-19,25H,3-15H2,1-2H3,(H,24,26). The van der Waals surface area contributed by atoms with Crippen molar-refractivity contribution in [2.75, 3.05) is 39.5 Å². The molecule has 0 aromatic carbocycles. The number of rotatable bonds is 12. The molecule has 0 atom stereocenters. The van der Waals surface area contributed by atoms with E-state index in [4.69, 9.17) is 14.7 Å². The van der Waals surface area contributed by atoms with E-state index in [2.05, 4.69) is 16.7 Å². The number of hydrogen-bond donors (Lipinski definition) is 2. The van der Waals surface area contributed by atoms with Gasteiger partial charge in [-0.1, -0.05) is 0 Å². The first-order valence-corrected chi connectivity index (χ1v) is 11.0. The van der Waals surface area contributed by atoms with Gasteiger partial charge in [-0.25, -0.2) is 0 Å². The number of nitrogens with one attached hydrogen (secondary N) is 2. The van der Waals surface area contributed by atoms with Gasteiger partial charge in [0.05, 0.1) is 32.5 Å². The average molecular weight is 392 g/mol. The second-order valence-corrected chi connectivity index (χ2v) is 9.83. The Labute approximate surface area is 169 Å². The van der Waals surface area contributed by atoms with E-state index >= 15 is 0 Å². The van der Waals surface area contributed by atoms with Crippen molar-refractivity contribution < 1.29 is 14.3 Å². The minimum Gasteiger partial charge on any atom is -0.378 e. The molecule has 0 aliphatic heterocycles. The maximum Gasteiger partial charge on any atom is 0.220 e. The van der Waals surface area contributed by atoms with Gasteiger partial charge in [0.2, 0.25) is 5.91 Å². The summed E-state index contributed by atoms with van der Waals surface area (Å²) in [5.41, 5.74) is -0.212. The summed E-state index contributed by atoms with van der Waals surface area (Å²) < 4.78 is 11.0. The third-order valence-corrected chi connectivity index (χ3v) is 6.73. The van der Waals surface area contributed by atoms with Crippen LogP contribution in [0.3, 0.4) is 0 Å². The van der Waals surface area contributed by atoms with Gasteiger partial charge in [0, 0.05) is 19.5 Å². The predicted octanol–water partition coefficient (Wildman–Crippen LogP) is 2.63. The molecule has 6 heteroatoms. The van der Waals surface area contributed by atoms with E-state index in [0.29, 0.717) is 51.4 Å². The fourth-order valence-corrected chi connectivity index (χ4v) is 5.97. The highest BCUT2D eigenvalue weighted by atomic mass is 16.5. The summed E-state index contributed by atoms with van der Waals surface area (Å²) in [6, 6.07) is 2.19. The molecule has 4 bridgehead atoms. The molecule has 2 N–H and O–H groups in total. The summed E-state index contributed by atoms with van der Waals surface area (Å²) >= 11 is 0. The highest BCUT2D eigenvalue weighted by molar-refractivity contribution is 5.76. The Hall–Kier alpha value is -1.16. The summed E-state index contributed by atoms with van der Waals surface area (Å²) in [4.78, 5) is 12.4. The van der Waals surface area contributed by atoms with Crippen LogP contribution in [0, 0.1) is 34.5 Å². The molecule has 158 valence electrons. The predicted molar refractivity (Wildman–Crippen MR) is 108 cm³/mol. The fourth-order valence-electron chi connectivity index (χ4n) is 5.97. The van der Waals surface area contributed by atoms with Gasteiger partial charge in [-0.05, 0) is 75.5 Å².